The van der Waals surface area contributed by atoms with E-state index in [1.54, 1.807) is 22.8 Å². The Bertz CT molecular complexity index is 442. The number of aryl methyl sites for hydroxylation is 1. The summed E-state index contributed by atoms with van der Waals surface area (Å²) in [6.45, 7) is 1.84. The third kappa shape index (κ3) is 2.48. The van der Waals surface area contributed by atoms with E-state index in [0.29, 0.717) is 17.4 Å². The lowest BCUT2D eigenvalue weighted by molar-refractivity contribution is 0.0756. The number of nitrogen functional groups attached to an aromatic ring is 1. The molecule has 1 amide bonds. The first-order valence-electron chi connectivity index (χ1n) is 6.24. The van der Waals surface area contributed by atoms with Gasteiger partial charge in [0, 0.05) is 32.9 Å². The smallest absolute Gasteiger partial charge is 0.276 e. The SMILES string of the molecule is CN(CC1CCCN1C)C(=O)c1nn(C)cc1N. The largest absolute Gasteiger partial charge is 0.396 e. The summed E-state index contributed by atoms with van der Waals surface area (Å²) in [5, 5.41) is 4.11. The first-order chi connectivity index (χ1) is 8.49. The van der Waals surface area contributed by atoms with Crippen LogP contribution in [0.1, 0.15) is 23.3 Å². The van der Waals surface area contributed by atoms with E-state index >= 15 is 0 Å². The highest BCUT2D eigenvalue weighted by atomic mass is 16.2. The molecule has 1 fully saturated rings. The number of nitrogens with zero attached hydrogens (tertiary/aromatic N) is 4. The molecule has 100 valence electrons. The molecule has 1 aliphatic rings. The highest BCUT2D eigenvalue weighted by Crippen LogP contribution is 2.17. The van der Waals surface area contributed by atoms with Gasteiger partial charge in [0.1, 0.15) is 0 Å². The molecule has 6 nitrogen and oxygen atoms in total. The van der Waals surface area contributed by atoms with Crippen LogP contribution in [-0.2, 0) is 7.05 Å². The minimum atomic E-state index is -0.103. The van der Waals surface area contributed by atoms with Crippen molar-refractivity contribution in [2.75, 3.05) is 32.9 Å². The molecule has 2 N–H and O–H groups in total. The number of likely N-dealkylation sites (N-methyl/N-ethyl adjacent to an activating group) is 2. The van der Waals surface area contributed by atoms with Gasteiger partial charge in [0.25, 0.3) is 5.91 Å². The van der Waals surface area contributed by atoms with Gasteiger partial charge in [0.2, 0.25) is 0 Å². The van der Waals surface area contributed by atoms with Crippen molar-refractivity contribution < 1.29 is 4.79 Å². The Balaban J connectivity index is 2.02. The Kier molecular flexibility index (Phi) is 3.56. The number of hydrogen-bond acceptors (Lipinski definition) is 4. The van der Waals surface area contributed by atoms with Gasteiger partial charge in [0.05, 0.1) is 5.69 Å². The number of hydrogen-bond donors (Lipinski definition) is 1. The van der Waals surface area contributed by atoms with Crippen LogP contribution in [0.2, 0.25) is 0 Å². The lowest BCUT2D eigenvalue weighted by Crippen LogP contribution is -2.39. The number of aromatic nitrogens is 2. The van der Waals surface area contributed by atoms with Gasteiger partial charge in [-0.15, -0.1) is 0 Å². The summed E-state index contributed by atoms with van der Waals surface area (Å²) in [5.74, 6) is -0.103. The van der Waals surface area contributed by atoms with Crippen LogP contribution in [0.4, 0.5) is 5.69 Å². The van der Waals surface area contributed by atoms with E-state index in [0.717, 1.165) is 19.5 Å². The number of carbonyl (C=O) groups excluding carboxylic acids is 1. The molecule has 2 rings (SSSR count). The molecule has 1 unspecified atom stereocenters. The van der Waals surface area contributed by atoms with Gasteiger partial charge < -0.3 is 15.5 Å². The van der Waals surface area contributed by atoms with Gasteiger partial charge in [-0.25, -0.2) is 0 Å². The Morgan fingerprint density at radius 2 is 2.33 bits per heavy atom. The average Bonchev–Trinajstić information content (AvgIpc) is 2.85. The molecular formula is C12H21N5O. The van der Waals surface area contributed by atoms with E-state index in [9.17, 15) is 4.79 Å². The molecule has 6 heteroatoms. The Labute approximate surface area is 107 Å². The molecule has 1 atom stereocenters. The minimum Gasteiger partial charge on any atom is -0.396 e. The highest BCUT2D eigenvalue weighted by Gasteiger charge is 2.26. The van der Waals surface area contributed by atoms with E-state index in [1.165, 1.54) is 6.42 Å². The standard InChI is InChI=1S/C12H21N5O/c1-15-6-4-5-9(15)7-16(2)12(18)11-10(13)8-17(3)14-11/h8-9H,4-7,13H2,1-3H3. The molecule has 1 aliphatic heterocycles. The lowest BCUT2D eigenvalue weighted by atomic mass is 10.2. The monoisotopic (exact) mass is 251 g/mol. The van der Waals surface area contributed by atoms with E-state index < -0.39 is 0 Å². The zero-order valence-electron chi connectivity index (χ0n) is 11.3. The third-order valence-corrected chi connectivity index (χ3v) is 3.56. The van der Waals surface area contributed by atoms with Crippen molar-refractivity contribution in [1.82, 2.24) is 19.6 Å². The maximum atomic E-state index is 12.2. The molecule has 0 aromatic carbocycles. The number of anilines is 1. The molecule has 1 aromatic heterocycles. The van der Waals surface area contributed by atoms with Crippen molar-refractivity contribution in [2.45, 2.75) is 18.9 Å². The summed E-state index contributed by atoms with van der Waals surface area (Å²) in [7, 11) is 5.67. The number of nitrogens with two attached hydrogens (primary N) is 1. The summed E-state index contributed by atoms with van der Waals surface area (Å²) >= 11 is 0. The van der Waals surface area contributed by atoms with Gasteiger partial charge in [0.15, 0.2) is 5.69 Å². The minimum absolute atomic E-state index is 0.103. The Hall–Kier alpha value is -1.56. The fraction of sp³-hybridized carbons (Fsp3) is 0.667. The molecule has 0 spiro atoms. The van der Waals surface area contributed by atoms with Crippen molar-refractivity contribution in [1.29, 1.82) is 0 Å². The van der Waals surface area contributed by atoms with Crippen LogP contribution in [0.25, 0.3) is 0 Å². The predicted molar refractivity (Wildman–Crippen MR) is 70.2 cm³/mol. The van der Waals surface area contributed by atoms with Crippen LogP contribution in [0.15, 0.2) is 6.20 Å². The van der Waals surface area contributed by atoms with Crippen LogP contribution in [0.3, 0.4) is 0 Å². The predicted octanol–water partition coefficient (Wildman–Crippen LogP) is 0.169. The molecule has 1 saturated heterocycles. The quantitative estimate of drug-likeness (QED) is 0.831. The van der Waals surface area contributed by atoms with E-state index in [-0.39, 0.29) is 5.91 Å². The van der Waals surface area contributed by atoms with Crippen molar-refractivity contribution in [3.8, 4) is 0 Å². The van der Waals surface area contributed by atoms with E-state index in [1.807, 2.05) is 7.05 Å². The molecule has 18 heavy (non-hydrogen) atoms. The van der Waals surface area contributed by atoms with Crippen LogP contribution in [-0.4, -0.2) is 58.7 Å². The second-order valence-corrected chi connectivity index (χ2v) is 5.07. The molecule has 0 radical (unpaired) electrons. The van der Waals surface area contributed by atoms with Crippen molar-refractivity contribution in [3.05, 3.63) is 11.9 Å². The molecule has 0 bridgehead atoms. The third-order valence-electron chi connectivity index (χ3n) is 3.56. The second kappa shape index (κ2) is 4.97. The molecule has 0 aliphatic carbocycles. The summed E-state index contributed by atoms with van der Waals surface area (Å²) in [4.78, 5) is 16.2. The topological polar surface area (TPSA) is 67.4 Å². The van der Waals surface area contributed by atoms with Gasteiger partial charge in [-0.1, -0.05) is 0 Å². The van der Waals surface area contributed by atoms with E-state index in [4.69, 9.17) is 5.73 Å². The zero-order valence-corrected chi connectivity index (χ0v) is 11.3. The summed E-state index contributed by atoms with van der Waals surface area (Å²) in [5.41, 5.74) is 6.56. The van der Waals surface area contributed by atoms with Crippen molar-refractivity contribution in [3.63, 3.8) is 0 Å². The maximum absolute atomic E-state index is 12.2. The van der Waals surface area contributed by atoms with Crippen LogP contribution < -0.4 is 5.73 Å². The van der Waals surface area contributed by atoms with Gasteiger partial charge >= 0.3 is 0 Å². The normalized spacial score (nSPS) is 20.3. The second-order valence-electron chi connectivity index (χ2n) is 5.07. The number of carbonyl (C=O) groups is 1. The van der Waals surface area contributed by atoms with Gasteiger partial charge in [-0.3, -0.25) is 9.48 Å². The maximum Gasteiger partial charge on any atom is 0.276 e. The Morgan fingerprint density at radius 1 is 1.61 bits per heavy atom. The summed E-state index contributed by atoms with van der Waals surface area (Å²) in [6, 6.07) is 0.448. The fourth-order valence-corrected chi connectivity index (χ4v) is 2.46. The highest BCUT2D eigenvalue weighted by molar-refractivity contribution is 5.96. The van der Waals surface area contributed by atoms with Gasteiger partial charge in [-0.05, 0) is 26.4 Å². The van der Waals surface area contributed by atoms with Gasteiger partial charge in [-0.2, -0.15) is 5.10 Å². The number of likely N-dealkylation sites (tertiary alicyclic amines) is 1. The average molecular weight is 251 g/mol. The first kappa shape index (κ1) is 12.9. The lowest BCUT2D eigenvalue weighted by Gasteiger charge is -2.25. The molecule has 2 heterocycles. The fourth-order valence-electron chi connectivity index (χ4n) is 2.46. The number of amides is 1. The van der Waals surface area contributed by atoms with Crippen LogP contribution in [0, 0.1) is 0 Å². The summed E-state index contributed by atoms with van der Waals surface area (Å²) in [6.07, 6.45) is 4.00. The van der Waals surface area contributed by atoms with Crippen molar-refractivity contribution >= 4 is 11.6 Å². The summed E-state index contributed by atoms with van der Waals surface area (Å²) < 4.78 is 1.57. The van der Waals surface area contributed by atoms with E-state index in [2.05, 4.69) is 17.0 Å². The van der Waals surface area contributed by atoms with Crippen molar-refractivity contribution in [2.24, 2.45) is 7.05 Å². The first-order valence-corrected chi connectivity index (χ1v) is 6.24. The van der Waals surface area contributed by atoms with Crippen LogP contribution in [0.5, 0.6) is 0 Å². The number of rotatable bonds is 3. The molecule has 1 aromatic rings. The molecular weight excluding hydrogens is 230 g/mol. The zero-order chi connectivity index (χ0) is 13.3. The molecule has 0 saturated carbocycles. The Morgan fingerprint density at radius 3 is 2.83 bits per heavy atom. The van der Waals surface area contributed by atoms with Crippen LogP contribution >= 0.6 is 0 Å².